The van der Waals surface area contributed by atoms with Crippen LogP contribution in [-0.2, 0) is 0 Å². The number of hydrogen-bond donors (Lipinski definition) is 1. The van der Waals surface area contributed by atoms with Gasteiger partial charge >= 0.3 is 5.97 Å². The summed E-state index contributed by atoms with van der Waals surface area (Å²) in [4.78, 5) is 16.9. The van der Waals surface area contributed by atoms with Gasteiger partial charge in [-0.2, -0.15) is 0 Å². The van der Waals surface area contributed by atoms with Crippen LogP contribution in [0.25, 0.3) is 5.69 Å². The molecule has 144 valence electrons. The number of aromatic nitrogens is 3. The molecule has 4 rings (SSSR count). The number of carbonyl (C=O) groups is 1. The fourth-order valence-corrected chi connectivity index (χ4v) is 3.39. The van der Waals surface area contributed by atoms with Crippen LogP contribution in [0.5, 0.6) is 0 Å². The van der Waals surface area contributed by atoms with E-state index in [1.165, 1.54) is 10.9 Å². The molecule has 0 spiro atoms. The lowest BCUT2D eigenvalue weighted by Gasteiger charge is -2.36. The number of halogens is 1. The molecule has 0 bridgehead atoms. The molecule has 3 aromatic rings. The van der Waals surface area contributed by atoms with Crippen molar-refractivity contribution in [3.63, 3.8) is 0 Å². The molecule has 0 saturated carbocycles. The number of piperazine rings is 1. The summed E-state index contributed by atoms with van der Waals surface area (Å²) in [5.41, 5.74) is 2.22. The highest BCUT2D eigenvalue weighted by Crippen LogP contribution is 2.24. The molecule has 1 aliphatic heterocycles. The minimum absolute atomic E-state index is 0.0825. The third kappa shape index (κ3) is 3.40. The summed E-state index contributed by atoms with van der Waals surface area (Å²) in [6, 6.07) is 14.2. The maximum Gasteiger partial charge on any atom is 0.360 e. The molecule has 0 amide bonds. The van der Waals surface area contributed by atoms with E-state index in [2.05, 4.69) is 10.2 Å². The van der Waals surface area contributed by atoms with Crippen molar-refractivity contribution >= 4 is 17.5 Å². The van der Waals surface area contributed by atoms with Gasteiger partial charge in [-0.05, 0) is 36.8 Å². The monoisotopic (exact) mass is 381 g/mol. The zero-order valence-corrected chi connectivity index (χ0v) is 15.4. The molecule has 1 saturated heterocycles. The van der Waals surface area contributed by atoms with Crippen LogP contribution in [-0.4, -0.2) is 52.2 Å². The van der Waals surface area contributed by atoms with Gasteiger partial charge in [-0.15, -0.1) is 15.0 Å². The number of benzene rings is 2. The van der Waals surface area contributed by atoms with Crippen LogP contribution < -0.4 is 9.80 Å². The average Bonchev–Trinajstić information content (AvgIpc) is 3.14. The Labute approximate surface area is 161 Å². The van der Waals surface area contributed by atoms with E-state index in [-0.39, 0.29) is 11.5 Å². The molecule has 0 radical (unpaired) electrons. The Balaban J connectivity index is 1.58. The summed E-state index contributed by atoms with van der Waals surface area (Å²) >= 11 is 0. The fraction of sp³-hybridized carbons (Fsp3) is 0.250. The van der Waals surface area contributed by atoms with Gasteiger partial charge in [-0.3, -0.25) is 0 Å². The number of carboxylic acids is 1. The molecule has 2 heterocycles. The first kappa shape index (κ1) is 18.0. The Bertz CT molecular complexity index is 1010. The van der Waals surface area contributed by atoms with Crippen LogP contribution in [0.3, 0.4) is 0 Å². The smallest absolute Gasteiger partial charge is 0.360 e. The Morgan fingerprint density at radius 1 is 1.00 bits per heavy atom. The molecule has 1 aromatic heterocycles. The molecule has 0 aliphatic carbocycles. The van der Waals surface area contributed by atoms with Crippen LogP contribution in [0.15, 0.2) is 48.5 Å². The van der Waals surface area contributed by atoms with Crippen LogP contribution in [0.1, 0.15) is 16.1 Å². The number of hydrogen-bond acceptors (Lipinski definition) is 5. The average molecular weight is 381 g/mol. The lowest BCUT2D eigenvalue weighted by atomic mass is 10.2. The van der Waals surface area contributed by atoms with E-state index in [0.29, 0.717) is 43.4 Å². The van der Waals surface area contributed by atoms with Crippen LogP contribution in [0.2, 0.25) is 0 Å². The van der Waals surface area contributed by atoms with Crippen molar-refractivity contribution in [3.8, 4) is 5.69 Å². The van der Waals surface area contributed by atoms with Gasteiger partial charge in [0.05, 0.1) is 11.4 Å². The van der Waals surface area contributed by atoms with E-state index in [9.17, 15) is 14.3 Å². The van der Waals surface area contributed by atoms with E-state index in [4.69, 9.17) is 0 Å². The van der Waals surface area contributed by atoms with Gasteiger partial charge in [0, 0.05) is 26.2 Å². The van der Waals surface area contributed by atoms with Crippen LogP contribution in [0.4, 0.5) is 15.9 Å². The standard InChI is InChI=1S/C20H20FN5O2/c1-14-5-4-6-15(13-14)26-22-18(20(27)28)19(23-26)25-11-9-24(10-12-25)17-8-3-2-7-16(17)21/h2-8,13H,9-12H2,1H3,(H,27,28). The van der Waals surface area contributed by atoms with E-state index in [1.54, 1.807) is 18.2 Å². The Kier molecular flexibility index (Phi) is 4.68. The number of anilines is 2. The van der Waals surface area contributed by atoms with Crippen molar-refractivity contribution in [1.29, 1.82) is 0 Å². The molecule has 8 heteroatoms. The quantitative estimate of drug-likeness (QED) is 0.749. The molecular weight excluding hydrogens is 361 g/mol. The Morgan fingerprint density at radius 3 is 2.39 bits per heavy atom. The summed E-state index contributed by atoms with van der Waals surface area (Å²) in [6.07, 6.45) is 0. The Hall–Kier alpha value is -3.42. The van der Waals surface area contributed by atoms with Gasteiger partial charge in [-0.25, -0.2) is 9.18 Å². The number of carboxylic acid groups (broad SMARTS) is 1. The second-order valence-corrected chi connectivity index (χ2v) is 6.73. The molecule has 1 aliphatic rings. The molecular formula is C20H20FN5O2. The van der Waals surface area contributed by atoms with Gasteiger partial charge in [0.2, 0.25) is 5.69 Å². The fourth-order valence-electron chi connectivity index (χ4n) is 3.39. The summed E-state index contributed by atoms with van der Waals surface area (Å²) < 4.78 is 14.0. The first-order valence-electron chi connectivity index (χ1n) is 9.05. The van der Waals surface area contributed by atoms with E-state index >= 15 is 0 Å². The second kappa shape index (κ2) is 7.30. The van der Waals surface area contributed by atoms with Crippen LogP contribution >= 0.6 is 0 Å². The zero-order valence-electron chi connectivity index (χ0n) is 15.4. The topological polar surface area (TPSA) is 74.5 Å². The lowest BCUT2D eigenvalue weighted by molar-refractivity contribution is 0.0690. The molecule has 1 N–H and O–H groups in total. The van der Waals surface area contributed by atoms with Gasteiger partial charge in [0.25, 0.3) is 0 Å². The predicted molar refractivity (Wildman–Crippen MR) is 104 cm³/mol. The number of aromatic carboxylic acids is 1. The third-order valence-corrected chi connectivity index (χ3v) is 4.80. The highest BCUT2D eigenvalue weighted by molar-refractivity contribution is 5.91. The second-order valence-electron chi connectivity index (χ2n) is 6.73. The van der Waals surface area contributed by atoms with E-state index < -0.39 is 5.97 Å². The summed E-state index contributed by atoms with van der Waals surface area (Å²) in [5.74, 6) is -1.04. The summed E-state index contributed by atoms with van der Waals surface area (Å²) in [5, 5.41) is 18.2. The van der Waals surface area contributed by atoms with Gasteiger partial charge in [-0.1, -0.05) is 24.3 Å². The normalized spacial score (nSPS) is 14.4. The van der Waals surface area contributed by atoms with Crippen molar-refractivity contribution < 1.29 is 14.3 Å². The third-order valence-electron chi connectivity index (χ3n) is 4.80. The van der Waals surface area contributed by atoms with Crippen molar-refractivity contribution in [2.45, 2.75) is 6.92 Å². The minimum atomic E-state index is -1.12. The van der Waals surface area contributed by atoms with Crippen LogP contribution in [0, 0.1) is 12.7 Å². The maximum absolute atomic E-state index is 14.0. The zero-order chi connectivity index (χ0) is 19.7. The SMILES string of the molecule is Cc1cccc(-n2nc(C(=O)O)c(N3CCN(c4ccccc4F)CC3)n2)c1. The minimum Gasteiger partial charge on any atom is -0.476 e. The summed E-state index contributed by atoms with van der Waals surface area (Å²) in [6.45, 7) is 4.14. The largest absolute Gasteiger partial charge is 0.476 e. The molecule has 2 aromatic carbocycles. The molecule has 28 heavy (non-hydrogen) atoms. The highest BCUT2D eigenvalue weighted by Gasteiger charge is 2.27. The van der Waals surface area contributed by atoms with E-state index in [1.807, 2.05) is 41.0 Å². The van der Waals surface area contributed by atoms with Crippen molar-refractivity contribution in [2.75, 3.05) is 36.0 Å². The molecule has 1 fully saturated rings. The number of nitrogens with zero attached hydrogens (tertiary/aromatic N) is 5. The number of para-hydroxylation sites is 1. The first-order chi connectivity index (χ1) is 13.5. The van der Waals surface area contributed by atoms with E-state index in [0.717, 1.165) is 5.56 Å². The summed E-state index contributed by atoms with van der Waals surface area (Å²) in [7, 11) is 0. The van der Waals surface area contributed by atoms with Crippen molar-refractivity contribution in [3.05, 3.63) is 65.6 Å². The predicted octanol–water partition coefficient (Wildman–Crippen LogP) is 2.74. The van der Waals surface area contributed by atoms with Crippen molar-refractivity contribution in [2.24, 2.45) is 0 Å². The van der Waals surface area contributed by atoms with Gasteiger partial charge in [0.15, 0.2) is 5.82 Å². The number of rotatable bonds is 4. The first-order valence-corrected chi connectivity index (χ1v) is 9.05. The lowest BCUT2D eigenvalue weighted by Crippen LogP contribution is -2.47. The highest BCUT2D eigenvalue weighted by atomic mass is 19.1. The van der Waals surface area contributed by atoms with Crippen molar-refractivity contribution in [1.82, 2.24) is 15.0 Å². The van der Waals surface area contributed by atoms with Gasteiger partial charge < -0.3 is 14.9 Å². The molecule has 0 atom stereocenters. The van der Waals surface area contributed by atoms with Gasteiger partial charge in [0.1, 0.15) is 5.82 Å². The maximum atomic E-state index is 14.0. The molecule has 7 nitrogen and oxygen atoms in total. The number of aryl methyl sites for hydroxylation is 1. The Morgan fingerprint density at radius 2 is 1.71 bits per heavy atom. The molecule has 0 unspecified atom stereocenters.